The molecule has 4 aliphatic rings. The molecule has 4 amide bonds. The topological polar surface area (TPSA) is 174 Å². The molecule has 19 heteroatoms. The summed E-state index contributed by atoms with van der Waals surface area (Å²) in [6.07, 6.45) is 7.27. The molecular weight excluding hydrogens is 939 g/mol. The van der Waals surface area contributed by atoms with E-state index in [4.69, 9.17) is 16.3 Å². The first-order valence-corrected chi connectivity index (χ1v) is 26.3. The highest BCUT2D eigenvalue weighted by Gasteiger charge is 2.54. The fourth-order valence-corrected chi connectivity index (χ4v) is 11.9. The molecule has 2 saturated carbocycles. The van der Waals surface area contributed by atoms with Crippen LogP contribution in [0.25, 0.3) is 10.4 Å². The minimum absolute atomic E-state index is 0.0390. The number of carbonyl (C=O) groups is 4. The molecule has 2 aromatic carbocycles. The molecule has 15 nitrogen and oxygen atoms in total. The van der Waals surface area contributed by atoms with Crippen molar-refractivity contribution >= 4 is 75.8 Å². The lowest BCUT2D eigenvalue weighted by atomic mass is 9.82. The molecule has 2 saturated heterocycles. The lowest BCUT2D eigenvalue weighted by Gasteiger charge is -2.40. The number of thioether (sulfide) groups is 1. The monoisotopic (exact) mass is 1000 g/mol. The number of rotatable bonds is 18. The number of amides is 4. The first-order chi connectivity index (χ1) is 33.1. The molecule has 2 aliphatic carbocycles. The van der Waals surface area contributed by atoms with Crippen LogP contribution in [0.1, 0.15) is 86.8 Å². The predicted octanol–water partition coefficient (Wildman–Crippen LogP) is 7.73. The molecule has 2 aromatic heterocycles. The van der Waals surface area contributed by atoms with E-state index in [1.54, 1.807) is 60.4 Å². The summed E-state index contributed by atoms with van der Waals surface area (Å²) in [5, 5.41) is 12.4. The normalized spacial score (nSPS) is 20.8. The van der Waals surface area contributed by atoms with Gasteiger partial charge in [0.25, 0.3) is 11.8 Å². The number of ether oxygens (including phenoxy) is 1. The molecule has 0 radical (unpaired) electrons. The van der Waals surface area contributed by atoms with Crippen LogP contribution in [0.4, 0.5) is 21.8 Å². The first-order valence-electron chi connectivity index (χ1n) is 24.0. The summed E-state index contributed by atoms with van der Waals surface area (Å²) in [6.45, 7) is 10.5. The average Bonchev–Trinajstić information content (AvgIpc) is 3.68. The highest BCUT2D eigenvalue weighted by molar-refractivity contribution is 8.00. The van der Waals surface area contributed by atoms with E-state index in [1.807, 2.05) is 55.4 Å². The number of nitrogens with zero attached hydrogens (tertiary/aromatic N) is 6. The molecule has 2 aliphatic heterocycles. The summed E-state index contributed by atoms with van der Waals surface area (Å²) in [5.41, 5.74) is 4.05. The predicted molar refractivity (Wildman–Crippen MR) is 271 cm³/mol. The zero-order valence-corrected chi connectivity index (χ0v) is 42.5. The Bertz CT molecular complexity index is 2480. The van der Waals surface area contributed by atoms with E-state index in [9.17, 15) is 19.2 Å². The third-order valence-electron chi connectivity index (χ3n) is 14.1. The Morgan fingerprint density at radius 1 is 0.986 bits per heavy atom. The lowest BCUT2D eigenvalue weighted by Crippen LogP contribution is -2.61. The summed E-state index contributed by atoms with van der Waals surface area (Å²) in [6, 6.07) is 11.7. The second-order valence-corrected chi connectivity index (χ2v) is 22.3. The Morgan fingerprint density at radius 2 is 1.71 bits per heavy atom. The van der Waals surface area contributed by atoms with Crippen molar-refractivity contribution in [1.82, 2.24) is 40.3 Å². The maximum atomic E-state index is 15.2. The summed E-state index contributed by atoms with van der Waals surface area (Å²) >= 11 is 9.39. The number of hydrogen-bond acceptors (Lipinski definition) is 13. The van der Waals surface area contributed by atoms with Gasteiger partial charge in [0.1, 0.15) is 28.7 Å². The van der Waals surface area contributed by atoms with E-state index in [2.05, 4.69) is 41.1 Å². The van der Waals surface area contributed by atoms with Gasteiger partial charge in [-0.2, -0.15) is 16.7 Å². The Balaban J connectivity index is 0.798. The van der Waals surface area contributed by atoms with Crippen molar-refractivity contribution < 1.29 is 28.3 Å². The van der Waals surface area contributed by atoms with Crippen LogP contribution in [0.5, 0.6) is 5.75 Å². The van der Waals surface area contributed by atoms with Gasteiger partial charge in [-0.25, -0.2) is 14.4 Å². The van der Waals surface area contributed by atoms with Crippen LogP contribution in [0.15, 0.2) is 54.2 Å². The largest absolute Gasteiger partial charge is 0.495 e. The van der Waals surface area contributed by atoms with Gasteiger partial charge in [-0.1, -0.05) is 35.9 Å². The van der Waals surface area contributed by atoms with Crippen molar-refractivity contribution in [1.29, 1.82) is 0 Å². The number of nitrogens with one attached hydrogen (secondary N) is 4. The van der Waals surface area contributed by atoms with E-state index < -0.39 is 28.4 Å². The molecule has 4 fully saturated rings. The number of aromatic nitrogens is 3. The summed E-state index contributed by atoms with van der Waals surface area (Å²) in [7, 11) is 3.29. The van der Waals surface area contributed by atoms with E-state index in [1.165, 1.54) is 6.20 Å². The number of hydrogen-bond donors (Lipinski definition) is 4. The number of piperazine rings is 1. The van der Waals surface area contributed by atoms with Crippen molar-refractivity contribution in [2.24, 2.45) is 11.8 Å². The fraction of sp³-hybridized carbons (Fsp3) is 0.540. The lowest BCUT2D eigenvalue weighted by molar-refractivity contribution is -0.143. The molecule has 4 aromatic rings. The number of thiazole rings is 1. The Kier molecular flexibility index (Phi) is 16.0. The zero-order valence-electron chi connectivity index (χ0n) is 40.1. The fourth-order valence-electron chi connectivity index (χ4n) is 9.59. The minimum atomic E-state index is -1.94. The SMILES string of the molecule is CNc1nc(Nc2ccc(C(=O)N3CCN(CC4CCC(CSC(C)(C)[C@H](NC(=O)C5(F)CC5)C(=O)N5CCCC5C(=O)NCc5ccc(-c6scnc6C)cc5)CC4)CC3)cc2OC)ncc1Cl. The van der Waals surface area contributed by atoms with Crippen molar-refractivity contribution in [2.75, 3.05) is 69.8 Å². The second kappa shape index (κ2) is 21.9. The van der Waals surface area contributed by atoms with Crippen molar-refractivity contribution in [3.8, 4) is 16.2 Å². The molecule has 2 atom stereocenters. The van der Waals surface area contributed by atoms with Crippen LogP contribution in [0.3, 0.4) is 0 Å². The second-order valence-electron chi connectivity index (χ2n) is 19.3. The number of alkyl halides is 1. The number of likely N-dealkylation sites (tertiary alicyclic amines) is 1. The molecule has 1 unspecified atom stereocenters. The van der Waals surface area contributed by atoms with Crippen LogP contribution in [0, 0.1) is 18.8 Å². The molecule has 4 N–H and O–H groups in total. The highest BCUT2D eigenvalue weighted by Crippen LogP contribution is 2.42. The third kappa shape index (κ3) is 12.1. The quantitative estimate of drug-likeness (QED) is 0.0766. The molecule has 0 bridgehead atoms. The van der Waals surface area contributed by atoms with Crippen LogP contribution < -0.4 is 26.0 Å². The van der Waals surface area contributed by atoms with Gasteiger partial charge in [0.15, 0.2) is 5.67 Å². The van der Waals surface area contributed by atoms with E-state index in [0.717, 1.165) is 72.8 Å². The Hall–Kier alpha value is -5.04. The number of anilines is 3. The molecule has 0 spiro atoms. The maximum Gasteiger partial charge on any atom is 0.258 e. The molecule has 8 rings (SSSR count). The molecular formula is C50H64ClFN10O5S2. The van der Waals surface area contributed by atoms with Gasteiger partial charge in [0, 0.05) is 63.2 Å². The molecule has 69 heavy (non-hydrogen) atoms. The highest BCUT2D eigenvalue weighted by atomic mass is 35.5. The number of carbonyl (C=O) groups excluding carboxylic acids is 4. The van der Waals surface area contributed by atoms with E-state index >= 15 is 4.39 Å². The van der Waals surface area contributed by atoms with Gasteiger partial charge in [-0.3, -0.25) is 24.1 Å². The van der Waals surface area contributed by atoms with Gasteiger partial charge in [-0.05, 0) is 119 Å². The van der Waals surface area contributed by atoms with Gasteiger partial charge < -0.3 is 35.8 Å². The Morgan fingerprint density at radius 3 is 2.38 bits per heavy atom. The van der Waals surface area contributed by atoms with Gasteiger partial charge in [0.05, 0.1) is 35.1 Å². The van der Waals surface area contributed by atoms with Gasteiger partial charge >= 0.3 is 0 Å². The summed E-state index contributed by atoms with van der Waals surface area (Å²) in [5.74, 6) is 1.78. The van der Waals surface area contributed by atoms with Crippen LogP contribution in [-0.4, -0.2) is 135 Å². The van der Waals surface area contributed by atoms with Crippen LogP contribution in [0.2, 0.25) is 5.02 Å². The van der Waals surface area contributed by atoms with Crippen LogP contribution in [-0.2, 0) is 20.9 Å². The van der Waals surface area contributed by atoms with E-state index in [-0.39, 0.29) is 30.6 Å². The minimum Gasteiger partial charge on any atom is -0.495 e. The smallest absolute Gasteiger partial charge is 0.258 e. The van der Waals surface area contributed by atoms with E-state index in [0.29, 0.717) is 84.6 Å². The summed E-state index contributed by atoms with van der Waals surface area (Å²) in [4.78, 5) is 75.1. The molecule has 4 heterocycles. The Labute approximate surface area is 417 Å². The van der Waals surface area contributed by atoms with Crippen molar-refractivity contribution in [2.45, 2.75) is 101 Å². The summed E-state index contributed by atoms with van der Waals surface area (Å²) < 4.78 is 20.0. The zero-order chi connectivity index (χ0) is 48.9. The average molecular weight is 1000 g/mol. The maximum absolute atomic E-state index is 15.2. The standard InChI is InChI=1S/C50H64ClFN10O5S2/c1-31-41(68-30-56-31)35-14-12-32(13-15-35)26-54-44(63)39-7-6-20-62(39)46(65)42(58-47(66)50(52)18-19-50)49(2,3)69-29-34-10-8-33(9-11-34)28-60-21-23-61(24-22-60)45(64)36-16-17-38(40(25-36)67-5)57-48-55-27-37(51)43(53-4)59-48/h12-17,25,27,30,33-34,39,42H,6-11,18-24,26,28-29H2,1-5H3,(H,54,63)(H,58,66)(H2,53,55,57,59)/t33?,34?,39?,42-/m1/s1. The van der Waals surface area contributed by atoms with Gasteiger partial charge in [0.2, 0.25) is 17.8 Å². The number of methoxy groups -OCH3 is 1. The van der Waals surface area contributed by atoms with Crippen molar-refractivity contribution in [3.05, 3.63) is 76.0 Å². The number of aryl methyl sites for hydroxylation is 1. The third-order valence-corrected chi connectivity index (χ3v) is 17.0. The first kappa shape index (κ1) is 50.4. The molecule has 370 valence electrons. The van der Waals surface area contributed by atoms with Crippen molar-refractivity contribution in [3.63, 3.8) is 0 Å². The van der Waals surface area contributed by atoms with Gasteiger partial charge in [-0.15, -0.1) is 11.3 Å². The number of benzene rings is 2. The van der Waals surface area contributed by atoms with Crippen LogP contribution >= 0.6 is 34.7 Å². The number of halogens is 2.